The Morgan fingerprint density at radius 2 is 2.13 bits per heavy atom. The molecule has 164 valence electrons. The van der Waals surface area contributed by atoms with Gasteiger partial charge in [0.2, 0.25) is 0 Å². The van der Waals surface area contributed by atoms with Crippen LogP contribution in [0.25, 0.3) is 0 Å². The number of ether oxygens (including phenoxy) is 1. The van der Waals surface area contributed by atoms with Crippen LogP contribution in [-0.2, 0) is 13.1 Å². The van der Waals surface area contributed by atoms with Gasteiger partial charge in [-0.25, -0.2) is 9.37 Å². The number of guanidine groups is 1. The van der Waals surface area contributed by atoms with Crippen molar-refractivity contribution < 1.29 is 9.13 Å². The van der Waals surface area contributed by atoms with Gasteiger partial charge in [-0.05, 0) is 30.5 Å². The third-order valence-electron chi connectivity index (χ3n) is 5.13. The number of rotatable bonds is 7. The molecule has 2 N–H and O–H groups in total. The fraction of sp³-hybridized carbons (Fsp3) is 0.524. The summed E-state index contributed by atoms with van der Waals surface area (Å²) < 4.78 is 18.9. The van der Waals surface area contributed by atoms with Gasteiger partial charge in [-0.15, -0.1) is 11.3 Å². The lowest BCUT2D eigenvalue weighted by Gasteiger charge is -2.33. The summed E-state index contributed by atoms with van der Waals surface area (Å²) in [5, 5.41) is 9.93. The molecule has 1 aliphatic rings. The lowest BCUT2D eigenvalue weighted by atomic mass is 10.0. The summed E-state index contributed by atoms with van der Waals surface area (Å²) in [6, 6.07) is 5.55. The van der Waals surface area contributed by atoms with Gasteiger partial charge in [-0.2, -0.15) is 0 Å². The molecule has 2 heterocycles. The van der Waals surface area contributed by atoms with E-state index in [4.69, 9.17) is 4.74 Å². The maximum absolute atomic E-state index is 13.9. The molecule has 0 aliphatic carbocycles. The summed E-state index contributed by atoms with van der Waals surface area (Å²) in [5.74, 6) is 0.778. The molecule has 1 aromatic carbocycles. The SMILES string of the molecule is CN=C(NCc1csc(N(C)C)n1)NC1CCN(Cc2ccc(OC)c(F)c2)CC1. The Bertz CT molecular complexity index is 848. The quantitative estimate of drug-likeness (QED) is 0.516. The number of nitrogens with zero attached hydrogens (tertiary/aromatic N) is 4. The second-order valence-corrected chi connectivity index (χ2v) is 8.44. The highest BCUT2D eigenvalue weighted by Gasteiger charge is 2.20. The average Bonchev–Trinajstić information content (AvgIpc) is 3.22. The molecular formula is C21H31FN6OS. The van der Waals surface area contributed by atoms with E-state index in [0.29, 0.717) is 12.6 Å². The van der Waals surface area contributed by atoms with Crippen LogP contribution in [0.4, 0.5) is 9.52 Å². The predicted octanol–water partition coefficient (Wildman–Crippen LogP) is 2.69. The van der Waals surface area contributed by atoms with Gasteiger partial charge in [0.05, 0.1) is 19.3 Å². The number of thiazole rings is 1. The Morgan fingerprint density at radius 1 is 1.37 bits per heavy atom. The highest BCUT2D eigenvalue weighted by atomic mass is 32.1. The first-order chi connectivity index (χ1) is 14.5. The number of aromatic nitrogens is 1. The molecule has 0 spiro atoms. The highest BCUT2D eigenvalue weighted by Crippen LogP contribution is 2.20. The summed E-state index contributed by atoms with van der Waals surface area (Å²) >= 11 is 1.63. The molecule has 30 heavy (non-hydrogen) atoms. The molecule has 3 rings (SSSR count). The van der Waals surface area contributed by atoms with Gasteiger partial charge >= 0.3 is 0 Å². The second-order valence-electron chi connectivity index (χ2n) is 7.61. The molecule has 1 fully saturated rings. The summed E-state index contributed by atoms with van der Waals surface area (Å²) in [7, 11) is 7.26. The van der Waals surface area contributed by atoms with E-state index in [1.54, 1.807) is 30.5 Å². The lowest BCUT2D eigenvalue weighted by Crippen LogP contribution is -2.48. The van der Waals surface area contributed by atoms with E-state index < -0.39 is 0 Å². The molecule has 1 saturated heterocycles. The van der Waals surface area contributed by atoms with Crippen molar-refractivity contribution in [3.8, 4) is 5.75 Å². The molecule has 1 aliphatic heterocycles. The van der Waals surface area contributed by atoms with E-state index in [9.17, 15) is 4.39 Å². The van der Waals surface area contributed by atoms with E-state index in [1.807, 2.05) is 25.1 Å². The Morgan fingerprint density at radius 3 is 2.73 bits per heavy atom. The van der Waals surface area contributed by atoms with Crippen molar-refractivity contribution in [3.05, 3.63) is 40.7 Å². The Hall–Kier alpha value is -2.39. The topological polar surface area (TPSA) is 65.0 Å². The Kier molecular flexibility index (Phi) is 7.87. The number of nitrogens with one attached hydrogen (secondary N) is 2. The molecule has 7 nitrogen and oxygen atoms in total. The van der Waals surface area contributed by atoms with Crippen LogP contribution in [0.15, 0.2) is 28.6 Å². The number of benzene rings is 1. The van der Waals surface area contributed by atoms with Crippen molar-refractivity contribution in [2.75, 3.05) is 46.2 Å². The lowest BCUT2D eigenvalue weighted by molar-refractivity contribution is 0.198. The number of halogens is 1. The maximum atomic E-state index is 13.9. The number of likely N-dealkylation sites (tertiary alicyclic amines) is 1. The van der Waals surface area contributed by atoms with Crippen molar-refractivity contribution in [2.24, 2.45) is 4.99 Å². The van der Waals surface area contributed by atoms with Crippen LogP contribution in [-0.4, -0.2) is 63.2 Å². The molecule has 0 saturated carbocycles. The third-order valence-corrected chi connectivity index (χ3v) is 6.19. The number of hydrogen-bond acceptors (Lipinski definition) is 6. The Balaban J connectivity index is 1.43. The number of anilines is 1. The smallest absolute Gasteiger partial charge is 0.191 e. The van der Waals surface area contributed by atoms with Crippen LogP contribution in [0.1, 0.15) is 24.1 Å². The van der Waals surface area contributed by atoms with Gasteiger partial charge in [0, 0.05) is 52.2 Å². The van der Waals surface area contributed by atoms with Crippen molar-refractivity contribution in [2.45, 2.75) is 32.0 Å². The van der Waals surface area contributed by atoms with Crippen molar-refractivity contribution in [3.63, 3.8) is 0 Å². The summed E-state index contributed by atoms with van der Waals surface area (Å²) in [4.78, 5) is 13.3. The van der Waals surface area contributed by atoms with Crippen LogP contribution >= 0.6 is 11.3 Å². The number of methoxy groups -OCH3 is 1. The Labute approximate surface area is 182 Å². The molecule has 2 aromatic rings. The minimum Gasteiger partial charge on any atom is -0.494 e. The van der Waals surface area contributed by atoms with E-state index >= 15 is 0 Å². The number of aliphatic imine (C=N–C) groups is 1. The van der Waals surface area contributed by atoms with Gasteiger partial charge < -0.3 is 20.3 Å². The zero-order chi connectivity index (χ0) is 21.5. The van der Waals surface area contributed by atoms with Gasteiger partial charge in [0.15, 0.2) is 22.7 Å². The maximum Gasteiger partial charge on any atom is 0.191 e. The van der Waals surface area contributed by atoms with Crippen LogP contribution < -0.4 is 20.3 Å². The number of piperidine rings is 1. The molecule has 1 aromatic heterocycles. The standard InChI is InChI=1S/C21H31FN6OS/c1-23-20(24-12-17-14-30-21(26-17)27(2)3)25-16-7-9-28(10-8-16)13-15-5-6-19(29-4)18(22)11-15/h5-6,11,14,16H,7-10,12-13H2,1-4H3,(H2,23,24,25). The van der Waals surface area contributed by atoms with Crippen LogP contribution in [0.2, 0.25) is 0 Å². The van der Waals surface area contributed by atoms with E-state index in [-0.39, 0.29) is 11.6 Å². The molecule has 0 atom stereocenters. The van der Waals surface area contributed by atoms with E-state index in [1.165, 1.54) is 7.11 Å². The second kappa shape index (κ2) is 10.6. The monoisotopic (exact) mass is 434 g/mol. The van der Waals surface area contributed by atoms with Gasteiger partial charge in [0.25, 0.3) is 0 Å². The molecule has 9 heteroatoms. The molecular weight excluding hydrogens is 403 g/mol. The van der Waals surface area contributed by atoms with Crippen LogP contribution in [0, 0.1) is 5.82 Å². The van der Waals surface area contributed by atoms with E-state index in [0.717, 1.165) is 54.8 Å². The summed E-state index contributed by atoms with van der Waals surface area (Å²) in [6.45, 7) is 3.31. The highest BCUT2D eigenvalue weighted by molar-refractivity contribution is 7.13. The van der Waals surface area contributed by atoms with Crippen molar-refractivity contribution in [1.82, 2.24) is 20.5 Å². The fourth-order valence-electron chi connectivity index (χ4n) is 3.45. The number of hydrogen-bond donors (Lipinski definition) is 2. The molecule has 0 amide bonds. The minimum absolute atomic E-state index is 0.288. The van der Waals surface area contributed by atoms with Gasteiger partial charge in [-0.3, -0.25) is 9.89 Å². The molecule has 0 radical (unpaired) electrons. The fourth-order valence-corrected chi connectivity index (χ4v) is 4.21. The van der Waals surface area contributed by atoms with Crippen LogP contribution in [0.5, 0.6) is 5.75 Å². The largest absolute Gasteiger partial charge is 0.494 e. The summed E-state index contributed by atoms with van der Waals surface area (Å²) in [5.41, 5.74) is 1.98. The zero-order valence-electron chi connectivity index (χ0n) is 18.1. The first-order valence-corrected chi connectivity index (χ1v) is 11.0. The average molecular weight is 435 g/mol. The van der Waals surface area contributed by atoms with Crippen molar-refractivity contribution >= 4 is 22.4 Å². The van der Waals surface area contributed by atoms with E-state index in [2.05, 4.69) is 30.9 Å². The van der Waals surface area contributed by atoms with Gasteiger partial charge in [-0.1, -0.05) is 6.07 Å². The van der Waals surface area contributed by atoms with Crippen molar-refractivity contribution in [1.29, 1.82) is 0 Å². The third kappa shape index (κ3) is 6.06. The minimum atomic E-state index is -0.306. The summed E-state index contributed by atoms with van der Waals surface area (Å²) in [6.07, 6.45) is 2.03. The molecule has 0 bridgehead atoms. The van der Waals surface area contributed by atoms with Gasteiger partial charge in [0.1, 0.15) is 0 Å². The predicted molar refractivity (Wildman–Crippen MR) is 121 cm³/mol. The van der Waals surface area contributed by atoms with Crippen LogP contribution in [0.3, 0.4) is 0 Å². The normalized spacial score (nSPS) is 15.8. The molecule has 0 unspecified atom stereocenters. The zero-order valence-corrected chi connectivity index (χ0v) is 18.9. The first-order valence-electron chi connectivity index (χ1n) is 10.1. The first kappa shape index (κ1) is 22.3.